The van der Waals surface area contributed by atoms with Crippen LogP contribution in [0.4, 0.5) is 0 Å². The van der Waals surface area contributed by atoms with Crippen molar-refractivity contribution >= 4 is 53.8 Å². The molecular formula is C11H13Br3NO2+. The lowest BCUT2D eigenvalue weighted by molar-refractivity contribution is -0.671. The molecule has 0 aliphatic heterocycles. The Hall–Kier alpha value is 0.0900. The van der Waals surface area contributed by atoms with Gasteiger partial charge in [-0.2, -0.15) is 0 Å². The molecule has 0 saturated carbocycles. The molecule has 0 spiro atoms. The molecule has 0 bridgehead atoms. The number of quaternary nitrogens is 1. The van der Waals surface area contributed by atoms with Crippen LogP contribution in [0.2, 0.25) is 0 Å². The van der Waals surface area contributed by atoms with Crippen molar-refractivity contribution in [3.8, 4) is 0 Å². The molecule has 0 amide bonds. The molecule has 0 aliphatic rings. The monoisotopic (exact) mass is 428 g/mol. The summed E-state index contributed by atoms with van der Waals surface area (Å²) in [5, 5.41) is 2.10. The number of carbonyl (C=O) groups is 1. The molecular weight excluding hydrogens is 418 g/mol. The van der Waals surface area contributed by atoms with Crippen LogP contribution in [-0.4, -0.2) is 21.3 Å². The molecule has 0 atom stereocenters. The minimum atomic E-state index is -0.966. The van der Waals surface area contributed by atoms with Gasteiger partial charge in [-0.25, -0.2) is 4.79 Å². The Kier molecular flexibility index (Phi) is 6.69. The van der Waals surface area contributed by atoms with Crippen LogP contribution in [0.15, 0.2) is 30.3 Å². The maximum Gasteiger partial charge on any atom is 0.345 e. The fraction of sp³-hybridized carbons (Fsp3) is 0.364. The zero-order valence-electron chi connectivity index (χ0n) is 9.04. The smallest absolute Gasteiger partial charge is 0.345 e. The fourth-order valence-corrected chi connectivity index (χ4v) is 1.54. The van der Waals surface area contributed by atoms with Gasteiger partial charge in [0.1, 0.15) is 19.7 Å². The average Bonchev–Trinajstić information content (AvgIpc) is 2.28. The molecule has 1 rings (SSSR count). The van der Waals surface area contributed by atoms with E-state index in [1.165, 1.54) is 5.56 Å². The Labute approximate surface area is 126 Å². The van der Waals surface area contributed by atoms with E-state index in [1.54, 1.807) is 0 Å². The summed E-state index contributed by atoms with van der Waals surface area (Å²) in [6.07, 6.45) is 0. The summed E-state index contributed by atoms with van der Waals surface area (Å²) >= 11 is 9.30. The zero-order chi connectivity index (χ0) is 12.7. The number of hydrogen-bond donors (Lipinski definition) is 1. The Morgan fingerprint density at radius 2 is 1.88 bits per heavy atom. The lowest BCUT2D eigenvalue weighted by atomic mass is 10.2. The predicted octanol–water partition coefficient (Wildman–Crippen LogP) is 2.13. The van der Waals surface area contributed by atoms with E-state index in [4.69, 9.17) is 4.74 Å². The molecule has 0 radical (unpaired) electrons. The first-order valence-electron chi connectivity index (χ1n) is 5.09. The standard InChI is InChI=1S/C11H12Br3NO2/c12-11(13,14)10(16)17-7-6-15-8-9-4-2-1-3-5-9/h1-5,15H,6-8H2/p+1. The maximum atomic E-state index is 11.3. The van der Waals surface area contributed by atoms with Crippen LogP contribution in [0.25, 0.3) is 0 Å². The number of rotatable bonds is 5. The normalized spacial score (nSPS) is 11.2. The van der Waals surface area contributed by atoms with Gasteiger partial charge in [0.2, 0.25) is 2.14 Å². The van der Waals surface area contributed by atoms with E-state index in [0.717, 1.165) is 13.1 Å². The molecule has 0 aromatic heterocycles. The minimum Gasteiger partial charge on any atom is -0.457 e. The third kappa shape index (κ3) is 6.55. The van der Waals surface area contributed by atoms with Crippen molar-refractivity contribution < 1.29 is 14.8 Å². The van der Waals surface area contributed by atoms with Crippen LogP contribution in [0.1, 0.15) is 5.56 Å². The van der Waals surface area contributed by atoms with Crippen LogP contribution in [0, 0.1) is 0 Å². The Morgan fingerprint density at radius 3 is 2.47 bits per heavy atom. The van der Waals surface area contributed by atoms with Crippen molar-refractivity contribution in [2.24, 2.45) is 0 Å². The summed E-state index contributed by atoms with van der Waals surface area (Å²) < 4.78 is 4.07. The van der Waals surface area contributed by atoms with Gasteiger partial charge in [-0.05, 0) is 47.8 Å². The van der Waals surface area contributed by atoms with Crippen LogP contribution in [0.5, 0.6) is 0 Å². The highest BCUT2D eigenvalue weighted by Crippen LogP contribution is 2.34. The van der Waals surface area contributed by atoms with E-state index in [-0.39, 0.29) is 5.97 Å². The molecule has 94 valence electrons. The zero-order valence-corrected chi connectivity index (χ0v) is 13.8. The Balaban J connectivity index is 2.12. The fourth-order valence-electron chi connectivity index (χ4n) is 1.20. The van der Waals surface area contributed by atoms with Crippen LogP contribution in [-0.2, 0) is 16.1 Å². The first-order chi connectivity index (χ1) is 8.00. The SMILES string of the molecule is O=C(OCC[NH2+]Cc1ccccc1)C(Br)(Br)Br. The van der Waals surface area contributed by atoms with Crippen molar-refractivity contribution in [3.63, 3.8) is 0 Å². The summed E-state index contributed by atoms with van der Waals surface area (Å²) in [4.78, 5) is 11.3. The number of hydrogen-bond acceptors (Lipinski definition) is 2. The van der Waals surface area contributed by atoms with E-state index in [9.17, 15) is 4.79 Å². The second kappa shape index (κ2) is 7.51. The van der Waals surface area contributed by atoms with Gasteiger partial charge >= 0.3 is 5.97 Å². The number of benzene rings is 1. The van der Waals surface area contributed by atoms with E-state index in [2.05, 4.69) is 65.2 Å². The summed E-state index contributed by atoms with van der Waals surface area (Å²) in [6.45, 7) is 2.01. The molecule has 2 N–H and O–H groups in total. The first kappa shape index (κ1) is 15.1. The quantitative estimate of drug-likeness (QED) is 0.442. The largest absolute Gasteiger partial charge is 0.457 e. The third-order valence-corrected chi connectivity index (χ3v) is 2.98. The second-order valence-electron chi connectivity index (χ2n) is 3.40. The van der Waals surface area contributed by atoms with Crippen molar-refractivity contribution in [1.29, 1.82) is 0 Å². The third-order valence-electron chi connectivity index (χ3n) is 2.01. The minimum absolute atomic E-state index is 0.384. The van der Waals surface area contributed by atoms with Crippen molar-refractivity contribution in [3.05, 3.63) is 35.9 Å². The first-order valence-corrected chi connectivity index (χ1v) is 7.47. The maximum absolute atomic E-state index is 11.3. The van der Waals surface area contributed by atoms with E-state index < -0.39 is 2.14 Å². The van der Waals surface area contributed by atoms with E-state index in [1.807, 2.05) is 18.2 Å². The van der Waals surface area contributed by atoms with Crippen LogP contribution in [0.3, 0.4) is 0 Å². The predicted molar refractivity (Wildman–Crippen MR) is 77.4 cm³/mol. The number of esters is 1. The number of halogens is 3. The number of ether oxygens (including phenoxy) is 1. The number of carbonyl (C=O) groups excluding carboxylic acids is 1. The average molecular weight is 431 g/mol. The highest BCUT2D eigenvalue weighted by atomic mass is 80.0. The van der Waals surface area contributed by atoms with Crippen molar-refractivity contribution in [2.45, 2.75) is 8.69 Å². The molecule has 1 aromatic carbocycles. The molecule has 3 nitrogen and oxygen atoms in total. The van der Waals surface area contributed by atoms with Gasteiger partial charge < -0.3 is 10.1 Å². The molecule has 0 aliphatic carbocycles. The Bertz CT molecular complexity index is 351. The van der Waals surface area contributed by atoms with Gasteiger partial charge in [0.15, 0.2) is 0 Å². The second-order valence-corrected chi connectivity index (χ2v) is 10.2. The van der Waals surface area contributed by atoms with Gasteiger partial charge in [0.05, 0.1) is 0 Å². The molecule has 0 unspecified atom stereocenters. The van der Waals surface area contributed by atoms with Gasteiger partial charge in [-0.1, -0.05) is 30.3 Å². The molecule has 0 saturated heterocycles. The lowest BCUT2D eigenvalue weighted by Gasteiger charge is -2.10. The highest BCUT2D eigenvalue weighted by molar-refractivity contribution is 9.40. The molecule has 6 heteroatoms. The van der Waals surface area contributed by atoms with Gasteiger partial charge in [0.25, 0.3) is 0 Å². The summed E-state index contributed by atoms with van der Waals surface area (Å²) in [5.41, 5.74) is 1.26. The van der Waals surface area contributed by atoms with Crippen molar-refractivity contribution in [2.75, 3.05) is 13.2 Å². The van der Waals surface area contributed by atoms with Gasteiger partial charge in [-0.15, -0.1) is 0 Å². The summed E-state index contributed by atoms with van der Waals surface area (Å²) in [7, 11) is 0. The van der Waals surface area contributed by atoms with Crippen LogP contribution >= 0.6 is 47.8 Å². The molecule has 0 heterocycles. The number of alkyl halides is 3. The summed E-state index contributed by atoms with van der Waals surface area (Å²) in [6, 6.07) is 10.2. The number of nitrogens with two attached hydrogens (primary N) is 1. The van der Waals surface area contributed by atoms with Gasteiger partial charge in [-0.3, -0.25) is 0 Å². The topological polar surface area (TPSA) is 42.9 Å². The van der Waals surface area contributed by atoms with E-state index in [0.29, 0.717) is 6.61 Å². The lowest BCUT2D eigenvalue weighted by Crippen LogP contribution is -2.83. The van der Waals surface area contributed by atoms with Gasteiger partial charge in [0, 0.05) is 5.56 Å². The molecule has 17 heavy (non-hydrogen) atoms. The molecule has 0 fully saturated rings. The van der Waals surface area contributed by atoms with E-state index >= 15 is 0 Å². The highest BCUT2D eigenvalue weighted by Gasteiger charge is 2.30. The van der Waals surface area contributed by atoms with Crippen LogP contribution < -0.4 is 5.32 Å². The summed E-state index contributed by atoms with van der Waals surface area (Å²) in [5.74, 6) is -0.384. The van der Waals surface area contributed by atoms with Crippen molar-refractivity contribution in [1.82, 2.24) is 0 Å². The molecule has 1 aromatic rings. The Morgan fingerprint density at radius 1 is 1.24 bits per heavy atom.